The number of benzene rings is 1. The van der Waals surface area contributed by atoms with Crippen LogP contribution in [0.3, 0.4) is 0 Å². The second-order valence-corrected chi connectivity index (χ2v) is 6.62. The Bertz CT molecular complexity index is 591. The molecule has 0 bridgehead atoms. The van der Waals surface area contributed by atoms with Gasteiger partial charge in [0.2, 0.25) is 0 Å². The van der Waals surface area contributed by atoms with Crippen molar-refractivity contribution in [3.63, 3.8) is 0 Å². The smallest absolute Gasteiger partial charge is 0.183 e. The van der Waals surface area contributed by atoms with Crippen LogP contribution in [-0.2, 0) is 6.54 Å². The molecule has 0 atom stereocenters. The fourth-order valence-electron chi connectivity index (χ4n) is 1.27. The van der Waals surface area contributed by atoms with Crippen LogP contribution in [0.2, 0.25) is 4.47 Å². The van der Waals surface area contributed by atoms with Gasteiger partial charge in [0, 0.05) is 11.1 Å². The maximum Gasteiger partial charge on any atom is 0.183 e. The summed E-state index contributed by atoms with van der Waals surface area (Å²) in [7, 11) is 0. The van der Waals surface area contributed by atoms with E-state index in [-0.39, 0.29) is 14.6 Å². The van der Waals surface area contributed by atoms with Crippen molar-refractivity contribution in [3.05, 3.63) is 42.2 Å². The molecule has 0 amide bonds. The van der Waals surface area contributed by atoms with Gasteiger partial charge in [0.15, 0.2) is 10.3 Å². The molecule has 0 radical (unpaired) electrons. The Morgan fingerprint density at radius 1 is 1.39 bits per heavy atom. The number of thiazole rings is 1. The number of halogens is 5. The lowest BCUT2D eigenvalue weighted by Crippen LogP contribution is -2.02. The SMILES string of the molecule is Fc1cc(Br)c(F)c(Br)c1NCc1cnc(Cl)s1. The molecule has 0 fully saturated rings. The maximum absolute atomic E-state index is 13.7. The minimum absolute atomic E-state index is 0.0463. The van der Waals surface area contributed by atoms with E-state index in [1.165, 1.54) is 11.3 Å². The van der Waals surface area contributed by atoms with E-state index in [0.29, 0.717) is 11.0 Å². The third-order valence-electron chi connectivity index (χ3n) is 2.08. The summed E-state index contributed by atoms with van der Waals surface area (Å²) in [6.45, 7) is 0.320. The molecule has 0 saturated carbocycles. The van der Waals surface area contributed by atoms with Crippen LogP contribution in [0, 0.1) is 11.6 Å². The van der Waals surface area contributed by atoms with Gasteiger partial charge < -0.3 is 5.32 Å². The Hall–Kier alpha value is -0.240. The molecule has 1 heterocycles. The predicted octanol–water partition coefficient (Wildman–Crippen LogP) is 5.21. The summed E-state index contributed by atoms with van der Waals surface area (Å²) < 4.78 is 27.8. The van der Waals surface area contributed by atoms with Gasteiger partial charge in [0.05, 0.1) is 21.2 Å². The number of nitrogens with one attached hydrogen (secondary N) is 1. The van der Waals surface area contributed by atoms with Crippen LogP contribution in [-0.4, -0.2) is 4.98 Å². The summed E-state index contributed by atoms with van der Waals surface area (Å²) in [6.07, 6.45) is 1.58. The zero-order chi connectivity index (χ0) is 13.3. The highest BCUT2D eigenvalue weighted by atomic mass is 79.9. The lowest BCUT2D eigenvalue weighted by atomic mass is 10.3. The topological polar surface area (TPSA) is 24.9 Å². The van der Waals surface area contributed by atoms with Gasteiger partial charge in [-0.15, -0.1) is 11.3 Å². The third-order valence-corrected chi connectivity index (χ3v) is 4.52. The first-order valence-corrected chi connectivity index (χ1v) is 7.44. The van der Waals surface area contributed by atoms with E-state index in [0.717, 1.165) is 10.9 Å². The largest absolute Gasteiger partial charge is 0.377 e. The lowest BCUT2D eigenvalue weighted by molar-refractivity contribution is 0.590. The summed E-state index contributed by atoms with van der Waals surface area (Å²) in [4.78, 5) is 4.69. The van der Waals surface area contributed by atoms with Crippen molar-refractivity contribution in [2.24, 2.45) is 0 Å². The minimum Gasteiger partial charge on any atom is -0.377 e. The Labute approximate surface area is 128 Å². The van der Waals surface area contributed by atoms with Gasteiger partial charge in [-0.25, -0.2) is 13.8 Å². The standard InChI is InChI=1S/C10H5Br2ClF2N2S/c11-5-1-6(14)9(7(12)8(5)15)16-2-4-3-17-10(13)18-4/h1,3,16H,2H2. The number of hydrogen-bond donors (Lipinski definition) is 1. The van der Waals surface area contributed by atoms with Crippen LogP contribution in [0.15, 0.2) is 21.2 Å². The van der Waals surface area contributed by atoms with Crippen molar-refractivity contribution in [1.82, 2.24) is 4.98 Å². The highest BCUT2D eigenvalue weighted by Crippen LogP contribution is 2.34. The van der Waals surface area contributed by atoms with Gasteiger partial charge in [-0.3, -0.25) is 0 Å². The van der Waals surface area contributed by atoms with Crippen molar-refractivity contribution < 1.29 is 8.78 Å². The van der Waals surface area contributed by atoms with Crippen molar-refractivity contribution in [1.29, 1.82) is 0 Å². The Kier molecular flexibility index (Phi) is 4.58. The molecule has 0 spiro atoms. The molecular weight excluding hydrogens is 413 g/mol. The van der Waals surface area contributed by atoms with E-state index in [1.807, 2.05) is 0 Å². The second kappa shape index (κ2) is 5.81. The van der Waals surface area contributed by atoms with Gasteiger partial charge in [0.1, 0.15) is 5.82 Å². The fourth-order valence-corrected chi connectivity index (χ4v) is 3.40. The number of hydrogen-bond acceptors (Lipinski definition) is 3. The van der Waals surface area contributed by atoms with Crippen LogP contribution >= 0.6 is 54.8 Å². The zero-order valence-corrected chi connectivity index (χ0v) is 13.4. The molecule has 0 aliphatic heterocycles. The zero-order valence-electron chi connectivity index (χ0n) is 8.61. The Morgan fingerprint density at radius 3 is 2.72 bits per heavy atom. The molecule has 2 rings (SSSR count). The molecular formula is C10H5Br2ClF2N2S. The molecule has 0 aliphatic carbocycles. The summed E-state index contributed by atoms with van der Waals surface area (Å²) in [6, 6.07) is 1.07. The highest BCUT2D eigenvalue weighted by molar-refractivity contribution is 9.11. The fraction of sp³-hybridized carbons (Fsp3) is 0.100. The molecule has 1 aromatic heterocycles. The van der Waals surface area contributed by atoms with Crippen molar-refractivity contribution >= 4 is 60.5 Å². The lowest BCUT2D eigenvalue weighted by Gasteiger charge is -2.10. The van der Waals surface area contributed by atoms with Gasteiger partial charge in [0.25, 0.3) is 0 Å². The molecule has 0 unspecified atom stereocenters. The first-order chi connectivity index (χ1) is 8.49. The van der Waals surface area contributed by atoms with Crippen molar-refractivity contribution in [3.8, 4) is 0 Å². The van der Waals surface area contributed by atoms with Crippen LogP contribution in [0.1, 0.15) is 4.88 Å². The molecule has 1 aromatic carbocycles. The molecule has 0 aliphatic rings. The van der Waals surface area contributed by atoms with Crippen LogP contribution in [0.5, 0.6) is 0 Å². The highest BCUT2D eigenvalue weighted by Gasteiger charge is 2.15. The molecule has 2 aromatic rings. The van der Waals surface area contributed by atoms with E-state index >= 15 is 0 Å². The normalized spacial score (nSPS) is 10.7. The van der Waals surface area contributed by atoms with Gasteiger partial charge in [-0.05, 0) is 37.9 Å². The predicted molar refractivity (Wildman–Crippen MR) is 76.2 cm³/mol. The average Bonchev–Trinajstić information content (AvgIpc) is 2.72. The Morgan fingerprint density at radius 2 is 2.11 bits per heavy atom. The maximum atomic E-state index is 13.7. The van der Waals surface area contributed by atoms with E-state index in [1.54, 1.807) is 6.20 Å². The minimum atomic E-state index is -0.554. The summed E-state index contributed by atoms with van der Waals surface area (Å²) in [5.74, 6) is -1.10. The average molecular weight is 418 g/mol. The number of aromatic nitrogens is 1. The quantitative estimate of drug-likeness (QED) is 0.547. The summed E-state index contributed by atoms with van der Waals surface area (Å²) in [5, 5.41) is 2.81. The molecule has 2 nitrogen and oxygen atoms in total. The molecule has 1 N–H and O–H groups in total. The van der Waals surface area contributed by atoms with Gasteiger partial charge in [-0.2, -0.15) is 0 Å². The van der Waals surface area contributed by atoms with Crippen LogP contribution in [0.25, 0.3) is 0 Å². The first kappa shape index (κ1) is 14.2. The van der Waals surface area contributed by atoms with E-state index in [9.17, 15) is 8.78 Å². The third kappa shape index (κ3) is 3.01. The molecule has 96 valence electrons. The first-order valence-electron chi connectivity index (χ1n) is 4.66. The number of nitrogens with zero attached hydrogens (tertiary/aromatic N) is 1. The van der Waals surface area contributed by atoms with Gasteiger partial charge >= 0.3 is 0 Å². The molecule has 8 heteroatoms. The van der Waals surface area contributed by atoms with Crippen molar-refractivity contribution in [2.75, 3.05) is 5.32 Å². The molecule has 18 heavy (non-hydrogen) atoms. The monoisotopic (exact) mass is 416 g/mol. The van der Waals surface area contributed by atoms with Crippen LogP contribution < -0.4 is 5.32 Å². The van der Waals surface area contributed by atoms with Crippen molar-refractivity contribution in [2.45, 2.75) is 6.54 Å². The van der Waals surface area contributed by atoms with E-state index in [4.69, 9.17) is 11.6 Å². The van der Waals surface area contributed by atoms with Crippen LogP contribution in [0.4, 0.5) is 14.5 Å². The number of anilines is 1. The van der Waals surface area contributed by atoms with E-state index in [2.05, 4.69) is 42.2 Å². The summed E-state index contributed by atoms with van der Waals surface area (Å²) in [5.41, 5.74) is 0.0697. The summed E-state index contributed by atoms with van der Waals surface area (Å²) >= 11 is 12.9. The van der Waals surface area contributed by atoms with Gasteiger partial charge in [-0.1, -0.05) is 11.6 Å². The Balaban J connectivity index is 2.22. The second-order valence-electron chi connectivity index (χ2n) is 3.28. The number of rotatable bonds is 3. The molecule has 0 saturated heterocycles. The van der Waals surface area contributed by atoms with E-state index < -0.39 is 11.6 Å².